The molecule has 3 rings (SSSR count). The number of hydrogen-bond donors (Lipinski definition) is 2. The van der Waals surface area contributed by atoms with Gasteiger partial charge in [-0.2, -0.15) is 5.10 Å². The molecule has 0 spiro atoms. The van der Waals surface area contributed by atoms with Gasteiger partial charge in [-0.3, -0.25) is 14.3 Å². The highest BCUT2D eigenvalue weighted by Gasteiger charge is 2.19. The molecule has 0 aliphatic carbocycles. The third-order valence-electron chi connectivity index (χ3n) is 3.39. The lowest BCUT2D eigenvalue weighted by Gasteiger charge is -2.14. The first-order valence-corrected chi connectivity index (χ1v) is 6.83. The molecule has 0 radical (unpaired) electrons. The van der Waals surface area contributed by atoms with Gasteiger partial charge in [-0.15, -0.1) is 0 Å². The molecule has 1 unspecified atom stereocenters. The molecular weight excluding hydrogens is 268 g/mol. The summed E-state index contributed by atoms with van der Waals surface area (Å²) in [5, 5.41) is 9.78. The van der Waals surface area contributed by atoms with Gasteiger partial charge < -0.3 is 10.6 Å². The minimum absolute atomic E-state index is 0.0328. The normalized spacial score (nSPS) is 14.4. The summed E-state index contributed by atoms with van der Waals surface area (Å²) in [7, 11) is 0. The van der Waals surface area contributed by atoms with E-state index in [9.17, 15) is 9.59 Å². The Hall–Kier alpha value is -2.63. The molecule has 1 aliphatic rings. The van der Waals surface area contributed by atoms with E-state index in [-0.39, 0.29) is 17.9 Å². The summed E-state index contributed by atoms with van der Waals surface area (Å²) in [5.74, 6) is -0.187. The smallest absolute Gasteiger partial charge is 0.251 e. The summed E-state index contributed by atoms with van der Waals surface area (Å²) >= 11 is 0. The van der Waals surface area contributed by atoms with Crippen LogP contribution >= 0.6 is 0 Å². The molecule has 2 N–H and O–H groups in total. The van der Waals surface area contributed by atoms with E-state index in [2.05, 4.69) is 15.7 Å². The van der Waals surface area contributed by atoms with Crippen molar-refractivity contribution >= 4 is 17.5 Å². The second-order valence-corrected chi connectivity index (χ2v) is 5.20. The van der Waals surface area contributed by atoms with Crippen LogP contribution in [0.1, 0.15) is 22.8 Å². The van der Waals surface area contributed by atoms with Crippen LogP contribution in [0.4, 0.5) is 5.69 Å². The predicted octanol–water partition coefficient (Wildman–Crippen LogP) is 1.20. The third-order valence-corrected chi connectivity index (χ3v) is 3.39. The third kappa shape index (κ3) is 2.94. The van der Waals surface area contributed by atoms with Crippen LogP contribution in [-0.4, -0.2) is 27.6 Å². The van der Waals surface area contributed by atoms with Gasteiger partial charge in [-0.05, 0) is 30.7 Å². The SMILES string of the molecule is CC(Cn1cccn1)NC(=O)c1ccc2c(c1)NC(=O)C2. The number of amides is 2. The summed E-state index contributed by atoms with van der Waals surface area (Å²) in [6.07, 6.45) is 3.94. The number of anilines is 1. The van der Waals surface area contributed by atoms with Crippen molar-refractivity contribution in [3.63, 3.8) is 0 Å². The van der Waals surface area contributed by atoms with E-state index in [1.165, 1.54) is 0 Å². The van der Waals surface area contributed by atoms with Crippen LogP contribution in [0.5, 0.6) is 0 Å². The van der Waals surface area contributed by atoms with E-state index in [0.717, 1.165) is 11.3 Å². The maximum atomic E-state index is 12.2. The number of hydrogen-bond acceptors (Lipinski definition) is 3. The number of carbonyl (C=O) groups is 2. The fourth-order valence-corrected chi connectivity index (χ4v) is 2.40. The lowest BCUT2D eigenvalue weighted by atomic mass is 10.1. The average molecular weight is 284 g/mol. The van der Waals surface area contributed by atoms with Crippen molar-refractivity contribution in [2.24, 2.45) is 0 Å². The van der Waals surface area contributed by atoms with Gasteiger partial charge >= 0.3 is 0 Å². The van der Waals surface area contributed by atoms with Crippen molar-refractivity contribution in [1.29, 1.82) is 0 Å². The van der Waals surface area contributed by atoms with Crippen molar-refractivity contribution in [3.05, 3.63) is 47.8 Å². The van der Waals surface area contributed by atoms with Crippen molar-refractivity contribution < 1.29 is 9.59 Å². The summed E-state index contributed by atoms with van der Waals surface area (Å²) in [6, 6.07) is 7.09. The van der Waals surface area contributed by atoms with Crippen LogP contribution in [0.15, 0.2) is 36.7 Å². The quantitative estimate of drug-likeness (QED) is 0.885. The zero-order valence-corrected chi connectivity index (χ0v) is 11.7. The summed E-state index contributed by atoms with van der Waals surface area (Å²) in [6.45, 7) is 2.54. The van der Waals surface area contributed by atoms with Gasteiger partial charge in [0.25, 0.3) is 5.91 Å². The minimum Gasteiger partial charge on any atom is -0.348 e. The fraction of sp³-hybridized carbons (Fsp3) is 0.267. The maximum Gasteiger partial charge on any atom is 0.251 e. The molecule has 2 amide bonds. The van der Waals surface area contributed by atoms with Gasteiger partial charge in [0.1, 0.15) is 0 Å². The molecule has 108 valence electrons. The van der Waals surface area contributed by atoms with Gasteiger partial charge in [-0.1, -0.05) is 6.07 Å². The zero-order chi connectivity index (χ0) is 14.8. The Morgan fingerprint density at radius 1 is 1.52 bits per heavy atom. The number of aromatic nitrogens is 2. The van der Waals surface area contributed by atoms with Crippen LogP contribution in [0, 0.1) is 0 Å². The van der Waals surface area contributed by atoms with Crippen LogP contribution in [0.25, 0.3) is 0 Å². The van der Waals surface area contributed by atoms with E-state index in [1.54, 1.807) is 23.0 Å². The molecule has 6 nitrogen and oxygen atoms in total. The second-order valence-electron chi connectivity index (χ2n) is 5.20. The van der Waals surface area contributed by atoms with Gasteiger partial charge in [0.2, 0.25) is 5.91 Å². The monoisotopic (exact) mass is 284 g/mol. The van der Waals surface area contributed by atoms with Crippen LogP contribution < -0.4 is 10.6 Å². The molecule has 2 heterocycles. The number of fused-ring (bicyclic) bond motifs is 1. The minimum atomic E-state index is -0.154. The van der Waals surface area contributed by atoms with Crippen molar-refractivity contribution in [3.8, 4) is 0 Å². The number of carbonyl (C=O) groups excluding carboxylic acids is 2. The van der Waals surface area contributed by atoms with E-state index in [1.807, 2.05) is 25.3 Å². The number of rotatable bonds is 4. The highest BCUT2D eigenvalue weighted by Crippen LogP contribution is 2.23. The summed E-state index contributed by atoms with van der Waals surface area (Å²) < 4.78 is 1.77. The van der Waals surface area contributed by atoms with Crippen molar-refractivity contribution in [2.45, 2.75) is 25.9 Å². The van der Waals surface area contributed by atoms with Gasteiger partial charge in [0.15, 0.2) is 0 Å². The number of nitrogens with zero attached hydrogens (tertiary/aromatic N) is 2. The van der Waals surface area contributed by atoms with Gasteiger partial charge in [0.05, 0.1) is 13.0 Å². The van der Waals surface area contributed by atoms with Crippen LogP contribution in [-0.2, 0) is 17.8 Å². The zero-order valence-electron chi connectivity index (χ0n) is 11.7. The lowest BCUT2D eigenvalue weighted by Crippen LogP contribution is -2.35. The molecular formula is C15H16N4O2. The summed E-state index contributed by atoms with van der Waals surface area (Å²) in [5.41, 5.74) is 2.21. The Morgan fingerprint density at radius 3 is 3.14 bits per heavy atom. The molecule has 1 aromatic carbocycles. The molecule has 21 heavy (non-hydrogen) atoms. The first-order valence-electron chi connectivity index (χ1n) is 6.83. The Kier molecular flexibility index (Phi) is 3.43. The molecule has 0 bridgehead atoms. The Bertz CT molecular complexity index is 679. The predicted molar refractivity (Wildman–Crippen MR) is 77.9 cm³/mol. The second kappa shape index (κ2) is 5.40. The average Bonchev–Trinajstić information content (AvgIpc) is 3.05. The van der Waals surface area contributed by atoms with Crippen molar-refractivity contribution in [1.82, 2.24) is 15.1 Å². The Labute approximate surface area is 122 Å². The highest BCUT2D eigenvalue weighted by molar-refractivity contribution is 6.02. The van der Waals surface area contributed by atoms with Crippen LogP contribution in [0.2, 0.25) is 0 Å². The Morgan fingerprint density at radius 2 is 2.38 bits per heavy atom. The number of nitrogens with one attached hydrogen (secondary N) is 2. The first kappa shape index (κ1) is 13.4. The van der Waals surface area contributed by atoms with Crippen molar-refractivity contribution in [2.75, 3.05) is 5.32 Å². The molecule has 2 aromatic rings. The molecule has 0 fully saturated rings. The van der Waals surface area contributed by atoms with E-state index >= 15 is 0 Å². The number of benzene rings is 1. The largest absolute Gasteiger partial charge is 0.348 e. The molecule has 0 saturated carbocycles. The topological polar surface area (TPSA) is 76.0 Å². The van der Waals surface area contributed by atoms with E-state index in [0.29, 0.717) is 18.5 Å². The van der Waals surface area contributed by atoms with E-state index < -0.39 is 0 Å². The maximum absolute atomic E-state index is 12.2. The standard InChI is InChI=1S/C15H16N4O2/c1-10(9-19-6-2-5-16-19)17-15(21)12-4-3-11-8-14(20)18-13(11)7-12/h2-7,10H,8-9H2,1H3,(H,17,21)(H,18,20). The van der Waals surface area contributed by atoms with Gasteiger partial charge in [0, 0.05) is 29.7 Å². The Balaban J connectivity index is 1.66. The summed E-state index contributed by atoms with van der Waals surface area (Å²) in [4.78, 5) is 23.5. The molecule has 6 heteroatoms. The van der Waals surface area contributed by atoms with Crippen LogP contribution in [0.3, 0.4) is 0 Å². The molecule has 1 aromatic heterocycles. The lowest BCUT2D eigenvalue weighted by molar-refractivity contribution is -0.115. The van der Waals surface area contributed by atoms with E-state index in [4.69, 9.17) is 0 Å². The van der Waals surface area contributed by atoms with Gasteiger partial charge in [-0.25, -0.2) is 0 Å². The first-order chi connectivity index (χ1) is 10.1. The molecule has 0 saturated heterocycles. The molecule has 1 atom stereocenters. The molecule has 1 aliphatic heterocycles. The highest BCUT2D eigenvalue weighted by atomic mass is 16.2. The fourth-order valence-electron chi connectivity index (χ4n) is 2.40.